The lowest BCUT2D eigenvalue weighted by molar-refractivity contribution is 0.0992. The lowest BCUT2D eigenvalue weighted by Crippen LogP contribution is -2.22. The first-order valence-corrected chi connectivity index (χ1v) is 8.38. The zero-order chi connectivity index (χ0) is 16.7. The van der Waals surface area contributed by atoms with Crippen molar-refractivity contribution in [2.45, 2.75) is 4.90 Å². The molecule has 0 bridgehead atoms. The molecule has 0 spiro atoms. The summed E-state index contributed by atoms with van der Waals surface area (Å²) in [4.78, 5) is 12.0. The van der Waals surface area contributed by atoms with Crippen LogP contribution in [0.2, 0.25) is 0 Å². The van der Waals surface area contributed by atoms with E-state index in [2.05, 4.69) is 11.9 Å². The molecule has 0 saturated heterocycles. The van der Waals surface area contributed by atoms with Crippen molar-refractivity contribution in [3.8, 4) is 5.75 Å². The molecule has 23 heavy (non-hydrogen) atoms. The summed E-state index contributed by atoms with van der Waals surface area (Å²) in [5.41, 5.74) is 0.478. The molecule has 0 heterocycles. The molecule has 0 aromatic heterocycles. The fraction of sp³-hybridized carbons (Fsp3) is 0.118. The highest BCUT2D eigenvalue weighted by molar-refractivity contribution is 7.87. The third-order valence-corrected chi connectivity index (χ3v) is 4.25. The van der Waals surface area contributed by atoms with Crippen LogP contribution in [-0.2, 0) is 10.1 Å². The van der Waals surface area contributed by atoms with Gasteiger partial charge in [0.05, 0.1) is 6.54 Å². The topological polar surface area (TPSA) is 72.5 Å². The second-order valence-electron chi connectivity index (χ2n) is 4.72. The van der Waals surface area contributed by atoms with E-state index in [1.165, 1.54) is 36.4 Å². The van der Waals surface area contributed by atoms with Gasteiger partial charge in [-0.1, -0.05) is 24.3 Å². The molecule has 0 fully saturated rings. The van der Waals surface area contributed by atoms with Gasteiger partial charge in [0.25, 0.3) is 0 Å². The van der Waals surface area contributed by atoms with E-state index in [1.807, 2.05) is 0 Å². The highest BCUT2D eigenvalue weighted by Gasteiger charge is 2.16. The van der Waals surface area contributed by atoms with Crippen molar-refractivity contribution in [1.82, 2.24) is 5.32 Å². The molecule has 6 heteroatoms. The quantitative estimate of drug-likeness (QED) is 0.348. The van der Waals surface area contributed by atoms with Gasteiger partial charge in [-0.05, 0) is 36.4 Å². The maximum absolute atomic E-state index is 12.1. The summed E-state index contributed by atoms with van der Waals surface area (Å²) in [5, 5.41) is 2.91. The van der Waals surface area contributed by atoms with Crippen LogP contribution < -0.4 is 9.50 Å². The van der Waals surface area contributed by atoms with E-state index < -0.39 is 10.1 Å². The van der Waals surface area contributed by atoms with Crippen molar-refractivity contribution in [2.75, 3.05) is 13.1 Å². The van der Waals surface area contributed by atoms with Gasteiger partial charge in [-0.3, -0.25) is 4.79 Å². The van der Waals surface area contributed by atoms with Crippen LogP contribution in [0.1, 0.15) is 10.4 Å². The zero-order valence-corrected chi connectivity index (χ0v) is 13.3. The standard InChI is InChI=1S/C17H17NO4S/c1-2-12-18-13-17(19)14-8-10-15(11-9-14)22-23(20,21)16-6-4-3-5-7-16/h2-11,18H,1,12-13H2. The number of hydrogen-bond acceptors (Lipinski definition) is 5. The number of hydrogen-bond donors (Lipinski definition) is 1. The van der Waals surface area contributed by atoms with E-state index in [-0.39, 0.29) is 23.0 Å². The van der Waals surface area contributed by atoms with Gasteiger partial charge < -0.3 is 9.50 Å². The molecule has 0 saturated carbocycles. The van der Waals surface area contributed by atoms with Crippen LogP contribution in [0, 0.1) is 0 Å². The van der Waals surface area contributed by atoms with Gasteiger partial charge in [0.2, 0.25) is 0 Å². The summed E-state index contributed by atoms with van der Waals surface area (Å²) in [6.45, 7) is 4.29. The number of carbonyl (C=O) groups is 1. The highest BCUT2D eigenvalue weighted by atomic mass is 32.2. The normalized spacial score (nSPS) is 11.0. The Bertz CT molecular complexity index is 768. The molecular formula is C17H17NO4S. The summed E-state index contributed by atoms with van der Waals surface area (Å²) < 4.78 is 29.2. The molecule has 2 rings (SSSR count). The minimum absolute atomic E-state index is 0.0776. The first kappa shape index (κ1) is 16.9. The number of Topliss-reactive ketones (excluding diaryl/α,β-unsaturated/α-hetero) is 1. The van der Waals surface area contributed by atoms with Crippen molar-refractivity contribution in [3.05, 3.63) is 72.8 Å². The average Bonchev–Trinajstić information content (AvgIpc) is 2.56. The van der Waals surface area contributed by atoms with Crippen molar-refractivity contribution in [3.63, 3.8) is 0 Å². The molecule has 0 aliphatic rings. The molecule has 0 aliphatic heterocycles. The zero-order valence-electron chi connectivity index (χ0n) is 12.4. The van der Waals surface area contributed by atoms with Crippen LogP contribution in [0.3, 0.4) is 0 Å². The van der Waals surface area contributed by atoms with Crippen molar-refractivity contribution in [2.24, 2.45) is 0 Å². The van der Waals surface area contributed by atoms with E-state index in [0.29, 0.717) is 12.1 Å². The Morgan fingerprint density at radius 1 is 1.09 bits per heavy atom. The molecule has 0 aliphatic carbocycles. The molecule has 0 atom stereocenters. The third kappa shape index (κ3) is 4.77. The van der Waals surface area contributed by atoms with E-state index >= 15 is 0 Å². The Morgan fingerprint density at radius 2 is 1.74 bits per heavy atom. The molecule has 5 nitrogen and oxygen atoms in total. The highest BCUT2D eigenvalue weighted by Crippen LogP contribution is 2.19. The first-order chi connectivity index (χ1) is 11.0. The predicted molar refractivity (Wildman–Crippen MR) is 88.1 cm³/mol. The van der Waals surface area contributed by atoms with Gasteiger partial charge in [-0.2, -0.15) is 8.42 Å². The smallest absolute Gasteiger partial charge is 0.339 e. The predicted octanol–water partition coefficient (Wildman–Crippen LogP) is 2.41. The molecule has 2 aromatic rings. The monoisotopic (exact) mass is 331 g/mol. The van der Waals surface area contributed by atoms with Crippen LogP contribution >= 0.6 is 0 Å². The van der Waals surface area contributed by atoms with Crippen LogP contribution in [0.5, 0.6) is 5.75 Å². The van der Waals surface area contributed by atoms with Gasteiger partial charge >= 0.3 is 10.1 Å². The minimum atomic E-state index is -3.87. The maximum Gasteiger partial charge on any atom is 0.339 e. The molecule has 0 unspecified atom stereocenters. The first-order valence-electron chi connectivity index (χ1n) is 6.97. The minimum Gasteiger partial charge on any atom is -0.379 e. The molecule has 2 aromatic carbocycles. The van der Waals surface area contributed by atoms with Gasteiger partial charge in [0.1, 0.15) is 10.6 Å². The van der Waals surface area contributed by atoms with Crippen LogP contribution in [0.15, 0.2) is 72.1 Å². The lowest BCUT2D eigenvalue weighted by atomic mass is 10.1. The number of nitrogens with one attached hydrogen (secondary N) is 1. The number of ketones is 1. The summed E-state index contributed by atoms with van der Waals surface area (Å²) >= 11 is 0. The average molecular weight is 331 g/mol. The lowest BCUT2D eigenvalue weighted by Gasteiger charge is -2.07. The van der Waals surface area contributed by atoms with E-state index in [9.17, 15) is 13.2 Å². The Morgan fingerprint density at radius 3 is 2.35 bits per heavy atom. The van der Waals surface area contributed by atoms with Crippen molar-refractivity contribution >= 4 is 15.9 Å². The molecule has 0 radical (unpaired) electrons. The van der Waals surface area contributed by atoms with Crippen LogP contribution in [0.25, 0.3) is 0 Å². The van der Waals surface area contributed by atoms with Crippen LogP contribution in [0.4, 0.5) is 0 Å². The van der Waals surface area contributed by atoms with E-state index in [4.69, 9.17) is 4.18 Å². The second-order valence-corrected chi connectivity index (χ2v) is 6.26. The van der Waals surface area contributed by atoms with Gasteiger partial charge in [0, 0.05) is 12.1 Å². The van der Waals surface area contributed by atoms with Gasteiger partial charge in [-0.25, -0.2) is 0 Å². The van der Waals surface area contributed by atoms with Gasteiger partial charge in [0.15, 0.2) is 5.78 Å². The summed E-state index contributed by atoms with van der Waals surface area (Å²) in [6, 6.07) is 13.9. The summed E-state index contributed by atoms with van der Waals surface area (Å²) in [6.07, 6.45) is 1.67. The Labute approximate surface area is 135 Å². The Balaban J connectivity index is 2.05. The van der Waals surface area contributed by atoms with Crippen LogP contribution in [-0.4, -0.2) is 27.3 Å². The summed E-state index contributed by atoms with van der Waals surface area (Å²) in [5.74, 6) is 0.0637. The van der Waals surface area contributed by atoms with Crippen molar-refractivity contribution < 1.29 is 17.4 Å². The SMILES string of the molecule is C=CCNCC(=O)c1ccc(OS(=O)(=O)c2ccccc2)cc1. The molecule has 120 valence electrons. The third-order valence-electron chi connectivity index (χ3n) is 2.99. The van der Waals surface area contributed by atoms with Crippen molar-refractivity contribution in [1.29, 1.82) is 0 Å². The fourth-order valence-corrected chi connectivity index (χ4v) is 2.80. The van der Waals surface area contributed by atoms with E-state index in [1.54, 1.807) is 24.3 Å². The fourth-order valence-electron chi connectivity index (χ4n) is 1.85. The summed E-state index contributed by atoms with van der Waals surface area (Å²) in [7, 11) is -3.87. The Kier molecular flexibility index (Phi) is 5.67. The molecule has 0 amide bonds. The van der Waals surface area contributed by atoms with Gasteiger partial charge in [-0.15, -0.1) is 6.58 Å². The second kappa shape index (κ2) is 7.71. The Hall–Kier alpha value is -2.44. The number of rotatable bonds is 8. The largest absolute Gasteiger partial charge is 0.379 e. The number of benzene rings is 2. The molecule has 1 N–H and O–H groups in total. The number of carbonyl (C=O) groups excluding carboxylic acids is 1. The van der Waals surface area contributed by atoms with E-state index in [0.717, 1.165) is 0 Å². The maximum atomic E-state index is 12.1. The molecular weight excluding hydrogens is 314 g/mol.